The molecule has 1 atom stereocenters. The third kappa shape index (κ3) is 3.48. The molecule has 0 saturated carbocycles. The summed E-state index contributed by atoms with van der Waals surface area (Å²) in [5.74, 6) is 1.11. The van der Waals surface area contributed by atoms with E-state index in [4.69, 9.17) is 4.74 Å². The average Bonchev–Trinajstić information content (AvgIpc) is 3.15. The van der Waals surface area contributed by atoms with Crippen LogP contribution in [0.15, 0.2) is 29.2 Å². The van der Waals surface area contributed by atoms with E-state index in [1.54, 1.807) is 11.3 Å². The minimum atomic E-state index is 0.383. The summed E-state index contributed by atoms with van der Waals surface area (Å²) in [5.41, 5.74) is 1.38. The van der Waals surface area contributed by atoms with E-state index < -0.39 is 0 Å². The summed E-state index contributed by atoms with van der Waals surface area (Å²) in [6.45, 7) is 3.75. The second-order valence-electron chi connectivity index (χ2n) is 5.39. The third-order valence-electron chi connectivity index (χ3n) is 3.76. The minimum Gasteiger partial charge on any atom is -0.377 e. The Morgan fingerprint density at radius 3 is 3.10 bits per heavy atom. The predicted octanol–water partition coefficient (Wildman–Crippen LogP) is 2.66. The van der Waals surface area contributed by atoms with Gasteiger partial charge in [-0.2, -0.15) is 11.3 Å². The van der Waals surface area contributed by atoms with Crippen LogP contribution in [0.25, 0.3) is 0 Å². The smallest absolute Gasteiger partial charge is 0.122 e. The van der Waals surface area contributed by atoms with E-state index >= 15 is 0 Å². The molecule has 0 amide bonds. The Morgan fingerprint density at radius 2 is 2.45 bits per heavy atom. The molecule has 1 fully saturated rings. The molecular weight excluding hydrogens is 270 g/mol. The fourth-order valence-corrected chi connectivity index (χ4v) is 3.31. The Labute approximate surface area is 124 Å². The van der Waals surface area contributed by atoms with Crippen LogP contribution in [-0.4, -0.2) is 33.7 Å². The summed E-state index contributed by atoms with van der Waals surface area (Å²) in [7, 11) is 2.05. The van der Waals surface area contributed by atoms with Crippen LogP contribution < -0.4 is 0 Å². The van der Waals surface area contributed by atoms with Crippen molar-refractivity contribution in [2.75, 3.05) is 13.2 Å². The second kappa shape index (κ2) is 6.52. The normalized spacial score (nSPS) is 19.0. The molecule has 108 valence electrons. The van der Waals surface area contributed by atoms with Gasteiger partial charge in [0.25, 0.3) is 0 Å². The van der Waals surface area contributed by atoms with Gasteiger partial charge in [-0.1, -0.05) is 0 Å². The molecule has 3 rings (SSSR count). The van der Waals surface area contributed by atoms with Crippen molar-refractivity contribution in [1.82, 2.24) is 14.5 Å². The molecule has 2 aromatic rings. The molecule has 0 spiro atoms. The molecule has 20 heavy (non-hydrogen) atoms. The van der Waals surface area contributed by atoms with Crippen molar-refractivity contribution in [2.24, 2.45) is 7.05 Å². The van der Waals surface area contributed by atoms with Crippen molar-refractivity contribution in [1.29, 1.82) is 0 Å². The van der Waals surface area contributed by atoms with E-state index in [0.717, 1.165) is 32.1 Å². The van der Waals surface area contributed by atoms with Crippen molar-refractivity contribution in [2.45, 2.75) is 32.0 Å². The Kier molecular flexibility index (Phi) is 4.50. The van der Waals surface area contributed by atoms with Gasteiger partial charge in [0.1, 0.15) is 5.82 Å². The van der Waals surface area contributed by atoms with Crippen LogP contribution in [0.4, 0.5) is 0 Å². The lowest BCUT2D eigenvalue weighted by atomic mass is 10.2. The number of thiophene rings is 1. The van der Waals surface area contributed by atoms with Crippen molar-refractivity contribution in [3.8, 4) is 0 Å². The quantitative estimate of drug-likeness (QED) is 0.819. The first-order valence-corrected chi connectivity index (χ1v) is 8.07. The lowest BCUT2D eigenvalue weighted by Gasteiger charge is -2.24. The maximum atomic E-state index is 5.79. The highest BCUT2D eigenvalue weighted by Crippen LogP contribution is 2.17. The number of aryl methyl sites for hydroxylation is 1. The molecule has 1 aliphatic rings. The molecule has 1 aliphatic heterocycles. The van der Waals surface area contributed by atoms with Crippen molar-refractivity contribution >= 4 is 11.3 Å². The molecule has 5 heteroatoms. The zero-order valence-electron chi connectivity index (χ0n) is 11.9. The standard InChI is InChI=1S/C15H21N3OS/c1-17-6-5-16-15(17)11-18(9-13-4-8-20-12-13)10-14-3-2-7-19-14/h4-6,8,12,14H,2-3,7,9-11H2,1H3. The third-order valence-corrected chi connectivity index (χ3v) is 4.49. The Morgan fingerprint density at radius 1 is 1.50 bits per heavy atom. The fourth-order valence-electron chi connectivity index (χ4n) is 2.65. The van der Waals surface area contributed by atoms with E-state index in [9.17, 15) is 0 Å². The van der Waals surface area contributed by atoms with Gasteiger partial charge < -0.3 is 9.30 Å². The van der Waals surface area contributed by atoms with Crippen LogP contribution in [0.5, 0.6) is 0 Å². The van der Waals surface area contributed by atoms with E-state index in [1.807, 2.05) is 12.4 Å². The molecule has 0 aromatic carbocycles. The molecule has 3 heterocycles. The van der Waals surface area contributed by atoms with Crippen molar-refractivity contribution in [3.05, 3.63) is 40.6 Å². The number of hydrogen-bond acceptors (Lipinski definition) is 4. The molecule has 2 aromatic heterocycles. The Hall–Kier alpha value is -1.17. The molecular formula is C15H21N3OS. The van der Waals surface area contributed by atoms with E-state index in [1.165, 1.54) is 18.4 Å². The number of hydrogen-bond donors (Lipinski definition) is 0. The van der Waals surface area contributed by atoms with Crippen LogP contribution in [0.2, 0.25) is 0 Å². The van der Waals surface area contributed by atoms with Crippen LogP contribution in [0.1, 0.15) is 24.2 Å². The van der Waals surface area contributed by atoms with E-state index in [0.29, 0.717) is 6.10 Å². The van der Waals surface area contributed by atoms with E-state index in [-0.39, 0.29) is 0 Å². The van der Waals surface area contributed by atoms with Gasteiger partial charge in [-0.25, -0.2) is 4.98 Å². The minimum absolute atomic E-state index is 0.383. The summed E-state index contributed by atoms with van der Waals surface area (Å²) in [5, 5.41) is 4.36. The molecule has 0 aliphatic carbocycles. The topological polar surface area (TPSA) is 30.3 Å². The maximum Gasteiger partial charge on any atom is 0.122 e. The highest BCUT2D eigenvalue weighted by Gasteiger charge is 2.20. The summed E-state index contributed by atoms with van der Waals surface area (Å²) in [6, 6.07) is 2.20. The zero-order chi connectivity index (χ0) is 13.8. The number of aromatic nitrogens is 2. The van der Waals surface area contributed by atoms with Crippen LogP contribution in [-0.2, 0) is 24.9 Å². The van der Waals surface area contributed by atoms with Gasteiger partial charge in [0.05, 0.1) is 12.6 Å². The van der Waals surface area contributed by atoms with Gasteiger partial charge in [-0.05, 0) is 35.2 Å². The van der Waals surface area contributed by atoms with Gasteiger partial charge in [0.15, 0.2) is 0 Å². The first kappa shape index (κ1) is 13.8. The van der Waals surface area contributed by atoms with Gasteiger partial charge in [-0.3, -0.25) is 4.90 Å². The summed E-state index contributed by atoms with van der Waals surface area (Å²) >= 11 is 1.76. The van der Waals surface area contributed by atoms with Crippen molar-refractivity contribution < 1.29 is 4.74 Å². The molecule has 0 N–H and O–H groups in total. The SMILES string of the molecule is Cn1ccnc1CN(Cc1ccsc1)CC1CCCO1. The number of imidazole rings is 1. The van der Waals surface area contributed by atoms with Crippen LogP contribution >= 0.6 is 11.3 Å². The second-order valence-corrected chi connectivity index (χ2v) is 6.17. The Bertz CT molecular complexity index is 517. The van der Waals surface area contributed by atoms with Crippen molar-refractivity contribution in [3.63, 3.8) is 0 Å². The summed E-state index contributed by atoms with van der Waals surface area (Å²) < 4.78 is 7.88. The first-order valence-electron chi connectivity index (χ1n) is 7.12. The lowest BCUT2D eigenvalue weighted by molar-refractivity contribution is 0.0667. The van der Waals surface area contributed by atoms with Gasteiger partial charge in [0, 0.05) is 39.1 Å². The highest BCUT2D eigenvalue weighted by molar-refractivity contribution is 7.07. The maximum absolute atomic E-state index is 5.79. The van der Waals surface area contributed by atoms with Gasteiger partial charge in [-0.15, -0.1) is 0 Å². The van der Waals surface area contributed by atoms with Crippen LogP contribution in [0.3, 0.4) is 0 Å². The number of ether oxygens (including phenoxy) is 1. The van der Waals surface area contributed by atoms with Gasteiger partial charge >= 0.3 is 0 Å². The predicted molar refractivity (Wildman–Crippen MR) is 80.6 cm³/mol. The zero-order valence-corrected chi connectivity index (χ0v) is 12.7. The van der Waals surface area contributed by atoms with Gasteiger partial charge in [0.2, 0.25) is 0 Å². The molecule has 1 unspecified atom stereocenters. The first-order chi connectivity index (χ1) is 9.81. The lowest BCUT2D eigenvalue weighted by Crippen LogP contribution is -2.32. The largest absolute Gasteiger partial charge is 0.377 e. The highest BCUT2D eigenvalue weighted by atomic mass is 32.1. The number of rotatable bonds is 6. The van der Waals surface area contributed by atoms with Crippen LogP contribution in [0, 0.1) is 0 Å². The monoisotopic (exact) mass is 291 g/mol. The average molecular weight is 291 g/mol. The Balaban J connectivity index is 1.67. The molecule has 0 bridgehead atoms. The summed E-state index contributed by atoms with van der Waals surface area (Å²) in [6.07, 6.45) is 6.63. The van der Waals surface area contributed by atoms with E-state index in [2.05, 4.69) is 38.3 Å². The molecule has 0 radical (unpaired) electrons. The molecule has 4 nitrogen and oxygen atoms in total. The number of nitrogens with zero attached hydrogens (tertiary/aromatic N) is 3. The fraction of sp³-hybridized carbons (Fsp3) is 0.533. The molecule has 1 saturated heterocycles. The summed E-state index contributed by atoms with van der Waals surface area (Å²) in [4.78, 5) is 6.89.